The average molecular weight is 594 g/mol. The van der Waals surface area contributed by atoms with E-state index < -0.39 is 39.0 Å². The van der Waals surface area contributed by atoms with Crippen LogP contribution >= 0.6 is 30.1 Å². The third-order valence-electron chi connectivity index (χ3n) is 5.40. The lowest BCUT2D eigenvalue weighted by atomic mass is 10.1. The predicted molar refractivity (Wildman–Crippen MR) is 146 cm³/mol. The van der Waals surface area contributed by atoms with Crippen molar-refractivity contribution in [2.45, 2.75) is 115 Å². The number of hydrogen-bond donors (Lipinski definition) is 0. The van der Waals surface area contributed by atoms with Crippen LogP contribution in [0.15, 0.2) is 17.4 Å². The molecule has 0 bridgehead atoms. The number of rotatable bonds is 12. The second-order valence-electron chi connectivity index (χ2n) is 10.4. The fourth-order valence-electron chi connectivity index (χ4n) is 3.81. The number of ketones is 1. The Kier molecular flexibility index (Phi) is 10.6. The van der Waals surface area contributed by atoms with E-state index in [1.54, 1.807) is 15.5 Å². The molecular formula is C23H38FN6O5PS2. The van der Waals surface area contributed by atoms with Crippen LogP contribution in [-0.2, 0) is 29.9 Å². The smallest absolute Gasteiger partial charge is 0.259 e. The molecule has 3 heterocycles. The first-order chi connectivity index (χ1) is 18.3. The van der Waals surface area contributed by atoms with Crippen LogP contribution in [0.5, 0.6) is 0 Å². The van der Waals surface area contributed by atoms with Gasteiger partial charge in [-0.05, 0) is 61.9 Å². The minimum Gasteiger partial charge on any atom is -0.349 e. The Balaban J connectivity index is 1.74. The Morgan fingerprint density at radius 1 is 1.32 bits per heavy atom. The van der Waals surface area contributed by atoms with E-state index in [-0.39, 0.29) is 42.5 Å². The summed E-state index contributed by atoms with van der Waals surface area (Å²) in [4.78, 5) is 25.1. The van der Waals surface area contributed by atoms with Crippen LogP contribution in [0.3, 0.4) is 0 Å². The lowest BCUT2D eigenvalue weighted by Crippen LogP contribution is -2.45. The molecule has 0 aliphatic carbocycles. The van der Waals surface area contributed by atoms with Gasteiger partial charge in [0.1, 0.15) is 6.10 Å². The van der Waals surface area contributed by atoms with E-state index in [1.165, 1.54) is 23.1 Å². The van der Waals surface area contributed by atoms with Gasteiger partial charge in [0.25, 0.3) is 8.53 Å². The van der Waals surface area contributed by atoms with Crippen molar-refractivity contribution in [3.8, 4) is 0 Å². The SMILES string of the molecule is [2H]CC1OC(N2C=CC(=O)CC2=O)C(F)C1OP(OCCn1nnnc1SSC(C)(C)C)N(C(C)C)C(C)C. The van der Waals surface area contributed by atoms with Crippen molar-refractivity contribution in [2.75, 3.05) is 6.61 Å². The summed E-state index contributed by atoms with van der Waals surface area (Å²) >= 11 is 0. The lowest BCUT2D eigenvalue weighted by molar-refractivity contribution is -0.145. The van der Waals surface area contributed by atoms with Crippen LogP contribution in [0.2, 0.25) is 0 Å². The number of allylic oxidation sites excluding steroid dienone is 1. The molecule has 0 aromatic carbocycles. The van der Waals surface area contributed by atoms with E-state index in [0.717, 1.165) is 4.90 Å². The summed E-state index contributed by atoms with van der Waals surface area (Å²) in [7, 11) is 1.35. The molecule has 2 aliphatic heterocycles. The first kappa shape index (κ1) is 29.8. The van der Waals surface area contributed by atoms with E-state index in [0.29, 0.717) is 11.7 Å². The van der Waals surface area contributed by atoms with Gasteiger partial charge in [-0.1, -0.05) is 31.6 Å². The fourth-order valence-corrected chi connectivity index (χ4v) is 7.51. The van der Waals surface area contributed by atoms with Crippen molar-refractivity contribution < 1.29 is 29.1 Å². The van der Waals surface area contributed by atoms with Gasteiger partial charge < -0.3 is 13.8 Å². The molecule has 0 saturated carbocycles. The zero-order valence-corrected chi connectivity index (χ0v) is 25.3. The lowest BCUT2D eigenvalue weighted by Gasteiger charge is -2.37. The molecule has 15 heteroatoms. The fraction of sp³-hybridized carbons (Fsp3) is 0.783. The molecule has 1 saturated heterocycles. The summed E-state index contributed by atoms with van der Waals surface area (Å²) in [6.07, 6.45) is -2.98. The van der Waals surface area contributed by atoms with Gasteiger partial charge in [-0.15, -0.1) is 5.10 Å². The second-order valence-corrected chi connectivity index (χ2v) is 14.8. The summed E-state index contributed by atoms with van der Waals surface area (Å²) in [6, 6.07) is 0.0309. The molecule has 0 spiro atoms. The minimum absolute atomic E-state index is 0.0155. The standard InChI is InChI=1S/C23H38FN6O5PS2/c1-14(2)30(15(3)4)36(33-12-11-29-22(25-26-27-29)37-38-23(6,7)8)35-20-16(5)34-21(19(20)24)28-10-9-17(31)13-18(28)32/h9-10,14-16,19-21H,11-13H2,1-8H3/i5D. The first-order valence-electron chi connectivity index (χ1n) is 13.1. The maximum absolute atomic E-state index is 15.8. The number of tetrazole rings is 1. The third-order valence-corrected chi connectivity index (χ3v) is 10.8. The Hall–Kier alpha value is -1.15. The van der Waals surface area contributed by atoms with Crippen molar-refractivity contribution in [1.29, 1.82) is 0 Å². The number of carbonyl (C=O) groups excluding carboxylic acids is 2. The van der Waals surface area contributed by atoms with E-state index in [2.05, 4.69) is 36.3 Å². The number of halogens is 1. The molecule has 5 atom stereocenters. The van der Waals surface area contributed by atoms with Crippen molar-refractivity contribution in [2.24, 2.45) is 0 Å². The van der Waals surface area contributed by atoms with Gasteiger partial charge in [-0.2, -0.15) is 0 Å². The molecule has 5 unspecified atom stereocenters. The van der Waals surface area contributed by atoms with Crippen molar-refractivity contribution in [3.05, 3.63) is 12.3 Å². The second kappa shape index (κ2) is 13.5. The maximum atomic E-state index is 15.8. The van der Waals surface area contributed by atoms with Crippen LogP contribution in [-0.4, -0.2) is 89.5 Å². The summed E-state index contributed by atoms with van der Waals surface area (Å²) in [5.41, 5.74) is 0. The van der Waals surface area contributed by atoms with E-state index in [9.17, 15) is 9.59 Å². The highest BCUT2D eigenvalue weighted by molar-refractivity contribution is 8.77. The molecule has 214 valence electrons. The predicted octanol–water partition coefficient (Wildman–Crippen LogP) is 4.36. The molecule has 1 aromatic heterocycles. The molecule has 2 aliphatic rings. The van der Waals surface area contributed by atoms with Gasteiger partial charge in [-0.25, -0.2) is 13.7 Å². The summed E-state index contributed by atoms with van der Waals surface area (Å²) in [5, 5.41) is 12.6. The topological polar surface area (TPSA) is 112 Å². The summed E-state index contributed by atoms with van der Waals surface area (Å²) in [6.45, 7) is 14.6. The number of carbonyl (C=O) groups is 2. The van der Waals surface area contributed by atoms with Crippen LogP contribution in [0.4, 0.5) is 4.39 Å². The molecule has 0 radical (unpaired) electrons. The number of aromatic nitrogens is 4. The van der Waals surface area contributed by atoms with E-state index in [4.69, 9.17) is 15.2 Å². The first-order valence-corrected chi connectivity index (χ1v) is 15.7. The summed E-state index contributed by atoms with van der Waals surface area (Å²) < 4.78 is 45.7. The van der Waals surface area contributed by atoms with Gasteiger partial charge in [0, 0.05) is 24.4 Å². The zero-order chi connectivity index (χ0) is 28.9. The van der Waals surface area contributed by atoms with Crippen molar-refractivity contribution >= 4 is 41.8 Å². The van der Waals surface area contributed by atoms with Crippen molar-refractivity contribution in [1.82, 2.24) is 29.8 Å². The Labute approximate surface area is 234 Å². The van der Waals surface area contributed by atoms with Gasteiger partial charge >= 0.3 is 0 Å². The molecule has 1 fully saturated rings. The highest BCUT2D eigenvalue weighted by Crippen LogP contribution is 2.50. The van der Waals surface area contributed by atoms with Crippen LogP contribution in [0.1, 0.15) is 63.2 Å². The molecule has 1 amide bonds. The Morgan fingerprint density at radius 2 is 2.03 bits per heavy atom. The number of alkyl halides is 1. The Bertz CT molecular complexity index is 1010. The van der Waals surface area contributed by atoms with Gasteiger partial charge in [0.2, 0.25) is 11.1 Å². The van der Waals surface area contributed by atoms with Gasteiger partial charge in [0.05, 0.1) is 25.7 Å². The molecule has 1 aromatic rings. The summed E-state index contributed by atoms with van der Waals surface area (Å²) in [5.74, 6) is -0.902. The van der Waals surface area contributed by atoms with E-state index in [1.807, 2.05) is 32.4 Å². The number of amides is 1. The van der Waals surface area contributed by atoms with Crippen LogP contribution < -0.4 is 0 Å². The monoisotopic (exact) mass is 593 g/mol. The van der Waals surface area contributed by atoms with Gasteiger partial charge in [0.15, 0.2) is 18.2 Å². The van der Waals surface area contributed by atoms with Crippen LogP contribution in [0.25, 0.3) is 0 Å². The molecule has 0 N–H and O–H groups in total. The third kappa shape index (κ3) is 8.18. The molecular weight excluding hydrogens is 554 g/mol. The molecule has 3 rings (SSSR count). The average Bonchev–Trinajstić information content (AvgIpc) is 3.41. The minimum atomic E-state index is -1.79. The highest BCUT2D eigenvalue weighted by Gasteiger charge is 2.50. The zero-order valence-electron chi connectivity index (χ0n) is 23.8. The van der Waals surface area contributed by atoms with Gasteiger partial charge in [-0.3, -0.25) is 14.5 Å². The quantitative estimate of drug-likeness (QED) is 0.196. The number of hydrogen-bond acceptors (Lipinski definition) is 11. The largest absolute Gasteiger partial charge is 0.349 e. The molecule has 38 heavy (non-hydrogen) atoms. The number of nitrogens with zero attached hydrogens (tertiary/aromatic N) is 6. The Morgan fingerprint density at radius 3 is 2.63 bits per heavy atom. The number of ether oxygens (including phenoxy) is 1. The normalized spacial score (nSPS) is 25.8. The maximum Gasteiger partial charge on any atom is 0.259 e. The molecule has 11 nitrogen and oxygen atoms in total. The highest BCUT2D eigenvalue weighted by atomic mass is 33.1. The van der Waals surface area contributed by atoms with E-state index >= 15 is 4.39 Å². The van der Waals surface area contributed by atoms with Crippen molar-refractivity contribution in [3.63, 3.8) is 0 Å². The van der Waals surface area contributed by atoms with Crippen LogP contribution in [0, 0.1) is 0 Å².